The number of hydrogen-bond donors (Lipinski definition) is 2. The quantitative estimate of drug-likeness (QED) is 0.634. The average molecular weight is 320 g/mol. The van der Waals surface area contributed by atoms with Gasteiger partial charge in [-0.05, 0) is 52.1 Å². The van der Waals surface area contributed by atoms with Crippen molar-refractivity contribution in [2.45, 2.75) is 46.0 Å². The molecule has 0 aromatic heterocycles. The van der Waals surface area contributed by atoms with E-state index in [1.54, 1.807) is 0 Å². The lowest BCUT2D eigenvalue weighted by Crippen LogP contribution is -2.31. The Morgan fingerprint density at radius 1 is 1.24 bits per heavy atom. The summed E-state index contributed by atoms with van der Waals surface area (Å²) >= 11 is 0. The van der Waals surface area contributed by atoms with E-state index < -0.39 is 0 Å². The van der Waals surface area contributed by atoms with Gasteiger partial charge in [-0.25, -0.2) is 0 Å². The Morgan fingerprint density at radius 2 is 1.95 bits per heavy atom. The standard InChI is InChI=1S/C15H29N3O2.ClH/c1-3-18(4-2)15(20)6-5-10-17-14(19)8-7-13-9-11-16-12-13;/h13,16H,3-12H2,1-2H3,(H,17,19);1H. The SMILES string of the molecule is CCN(CC)C(=O)CCCNC(=O)CCC1CCNC1.Cl. The predicted octanol–water partition coefficient (Wildman–Crippen LogP) is 1.56. The third-order valence-corrected chi connectivity index (χ3v) is 3.95. The molecule has 5 nitrogen and oxygen atoms in total. The molecule has 1 rings (SSSR count). The molecule has 124 valence electrons. The second-order valence-electron chi connectivity index (χ2n) is 5.42. The molecule has 0 bridgehead atoms. The Kier molecular flexibility index (Phi) is 11.4. The van der Waals surface area contributed by atoms with Gasteiger partial charge in [0.2, 0.25) is 11.8 Å². The molecule has 0 spiro atoms. The maximum absolute atomic E-state index is 11.8. The lowest BCUT2D eigenvalue weighted by atomic mass is 10.0. The van der Waals surface area contributed by atoms with Crippen LogP contribution in [0.3, 0.4) is 0 Å². The van der Waals surface area contributed by atoms with Crippen LogP contribution in [-0.2, 0) is 9.59 Å². The van der Waals surface area contributed by atoms with Crippen molar-refractivity contribution in [3.05, 3.63) is 0 Å². The highest BCUT2D eigenvalue weighted by Crippen LogP contribution is 2.13. The summed E-state index contributed by atoms with van der Waals surface area (Å²) in [6, 6.07) is 0. The van der Waals surface area contributed by atoms with Crippen LogP contribution < -0.4 is 10.6 Å². The van der Waals surface area contributed by atoms with Crippen molar-refractivity contribution in [2.24, 2.45) is 5.92 Å². The molecule has 0 aromatic carbocycles. The number of nitrogens with one attached hydrogen (secondary N) is 2. The van der Waals surface area contributed by atoms with Gasteiger partial charge in [0, 0.05) is 32.5 Å². The Balaban J connectivity index is 0.00000400. The fourth-order valence-electron chi connectivity index (χ4n) is 2.59. The predicted molar refractivity (Wildman–Crippen MR) is 87.6 cm³/mol. The van der Waals surface area contributed by atoms with Crippen molar-refractivity contribution in [3.8, 4) is 0 Å². The first-order valence-electron chi connectivity index (χ1n) is 7.92. The highest BCUT2D eigenvalue weighted by Gasteiger charge is 2.15. The number of hydrogen-bond acceptors (Lipinski definition) is 3. The first-order valence-corrected chi connectivity index (χ1v) is 7.92. The number of nitrogens with zero attached hydrogens (tertiary/aromatic N) is 1. The molecule has 2 amide bonds. The van der Waals surface area contributed by atoms with Gasteiger partial charge in [0.05, 0.1) is 0 Å². The van der Waals surface area contributed by atoms with Crippen molar-refractivity contribution < 1.29 is 9.59 Å². The zero-order chi connectivity index (χ0) is 14.8. The molecule has 1 aliphatic heterocycles. The minimum Gasteiger partial charge on any atom is -0.356 e. The third-order valence-electron chi connectivity index (χ3n) is 3.95. The van der Waals surface area contributed by atoms with Crippen LogP contribution in [0.4, 0.5) is 0 Å². The van der Waals surface area contributed by atoms with E-state index in [2.05, 4.69) is 10.6 Å². The van der Waals surface area contributed by atoms with Crippen LogP contribution in [0.25, 0.3) is 0 Å². The molecule has 6 heteroatoms. The van der Waals surface area contributed by atoms with Gasteiger partial charge < -0.3 is 15.5 Å². The van der Waals surface area contributed by atoms with E-state index in [9.17, 15) is 9.59 Å². The lowest BCUT2D eigenvalue weighted by Gasteiger charge is -2.18. The van der Waals surface area contributed by atoms with Gasteiger partial charge in [0.15, 0.2) is 0 Å². The van der Waals surface area contributed by atoms with E-state index >= 15 is 0 Å². The fraction of sp³-hybridized carbons (Fsp3) is 0.867. The monoisotopic (exact) mass is 319 g/mol. The van der Waals surface area contributed by atoms with Gasteiger partial charge in [-0.3, -0.25) is 9.59 Å². The molecule has 1 unspecified atom stereocenters. The van der Waals surface area contributed by atoms with E-state index in [1.165, 1.54) is 6.42 Å². The maximum atomic E-state index is 11.8. The zero-order valence-electron chi connectivity index (χ0n) is 13.3. The van der Waals surface area contributed by atoms with Crippen molar-refractivity contribution in [1.29, 1.82) is 0 Å². The second-order valence-corrected chi connectivity index (χ2v) is 5.42. The lowest BCUT2D eigenvalue weighted by molar-refractivity contribution is -0.131. The summed E-state index contributed by atoms with van der Waals surface area (Å²) < 4.78 is 0. The summed E-state index contributed by atoms with van der Waals surface area (Å²) in [5.41, 5.74) is 0. The first-order chi connectivity index (χ1) is 9.67. The fourth-order valence-corrected chi connectivity index (χ4v) is 2.59. The number of carbonyl (C=O) groups excluding carboxylic acids is 2. The van der Waals surface area contributed by atoms with Crippen LogP contribution in [0.2, 0.25) is 0 Å². The number of carbonyl (C=O) groups is 2. The molecule has 21 heavy (non-hydrogen) atoms. The highest BCUT2D eigenvalue weighted by atomic mass is 35.5. The smallest absolute Gasteiger partial charge is 0.222 e. The Labute approximate surface area is 134 Å². The summed E-state index contributed by atoms with van der Waals surface area (Å²) in [5.74, 6) is 0.957. The van der Waals surface area contributed by atoms with Gasteiger partial charge in [0.1, 0.15) is 0 Å². The molecular weight excluding hydrogens is 290 g/mol. The van der Waals surface area contributed by atoms with Crippen molar-refractivity contribution in [1.82, 2.24) is 15.5 Å². The Bertz CT molecular complexity index is 303. The third kappa shape index (κ3) is 8.27. The van der Waals surface area contributed by atoms with Gasteiger partial charge in [0.25, 0.3) is 0 Å². The van der Waals surface area contributed by atoms with E-state index in [4.69, 9.17) is 0 Å². The highest BCUT2D eigenvalue weighted by molar-refractivity contribution is 5.85. The van der Waals surface area contributed by atoms with E-state index in [0.29, 0.717) is 25.3 Å². The van der Waals surface area contributed by atoms with Gasteiger partial charge >= 0.3 is 0 Å². The van der Waals surface area contributed by atoms with E-state index in [-0.39, 0.29) is 24.2 Å². The van der Waals surface area contributed by atoms with Crippen LogP contribution in [0, 0.1) is 5.92 Å². The summed E-state index contributed by atoms with van der Waals surface area (Å²) in [5, 5.41) is 6.22. The molecule has 0 aliphatic carbocycles. The summed E-state index contributed by atoms with van der Waals surface area (Å²) in [6.45, 7) is 8.23. The largest absolute Gasteiger partial charge is 0.356 e. The normalized spacial score (nSPS) is 17.1. The Hall–Kier alpha value is -0.810. The van der Waals surface area contributed by atoms with Gasteiger partial charge in [-0.15, -0.1) is 12.4 Å². The number of halogens is 1. The summed E-state index contributed by atoms with van der Waals surface area (Å²) in [7, 11) is 0. The van der Waals surface area contributed by atoms with Crippen LogP contribution in [-0.4, -0.2) is 49.4 Å². The molecule has 0 saturated carbocycles. The van der Waals surface area contributed by atoms with Crippen LogP contribution in [0.1, 0.15) is 46.0 Å². The minimum atomic E-state index is 0. The maximum Gasteiger partial charge on any atom is 0.222 e. The molecule has 1 aliphatic rings. The molecule has 0 aromatic rings. The molecule has 0 radical (unpaired) electrons. The Morgan fingerprint density at radius 3 is 2.52 bits per heavy atom. The number of rotatable bonds is 9. The molecular formula is C15H30ClN3O2. The molecule has 1 heterocycles. The molecule has 2 N–H and O–H groups in total. The van der Waals surface area contributed by atoms with E-state index in [0.717, 1.165) is 39.0 Å². The second kappa shape index (κ2) is 11.8. The minimum absolute atomic E-state index is 0. The number of amides is 2. The van der Waals surface area contributed by atoms with Crippen molar-refractivity contribution >= 4 is 24.2 Å². The van der Waals surface area contributed by atoms with Crippen LogP contribution in [0.15, 0.2) is 0 Å². The average Bonchev–Trinajstić information content (AvgIpc) is 2.96. The molecule has 1 fully saturated rings. The van der Waals surface area contributed by atoms with Gasteiger partial charge in [-0.1, -0.05) is 0 Å². The molecule has 1 saturated heterocycles. The zero-order valence-corrected chi connectivity index (χ0v) is 14.1. The van der Waals surface area contributed by atoms with Crippen LogP contribution >= 0.6 is 12.4 Å². The van der Waals surface area contributed by atoms with E-state index in [1.807, 2.05) is 18.7 Å². The van der Waals surface area contributed by atoms with Crippen molar-refractivity contribution in [3.63, 3.8) is 0 Å². The first kappa shape index (κ1) is 20.2. The van der Waals surface area contributed by atoms with Crippen LogP contribution in [0.5, 0.6) is 0 Å². The van der Waals surface area contributed by atoms with Crippen molar-refractivity contribution in [2.75, 3.05) is 32.7 Å². The summed E-state index contributed by atoms with van der Waals surface area (Å²) in [6.07, 6.45) is 4.01. The summed E-state index contributed by atoms with van der Waals surface area (Å²) in [4.78, 5) is 25.2. The molecule has 1 atom stereocenters. The van der Waals surface area contributed by atoms with Gasteiger partial charge in [-0.2, -0.15) is 0 Å². The topological polar surface area (TPSA) is 61.4 Å².